The van der Waals surface area contributed by atoms with Crippen LogP contribution >= 0.6 is 11.3 Å². The molecule has 1 fully saturated rings. The lowest BCUT2D eigenvalue weighted by atomic mass is 10.0. The molecule has 0 atom stereocenters. The van der Waals surface area contributed by atoms with Crippen LogP contribution in [0.2, 0.25) is 0 Å². The van der Waals surface area contributed by atoms with Gasteiger partial charge in [0.25, 0.3) is 15.6 Å². The lowest BCUT2D eigenvalue weighted by molar-refractivity contribution is 0.122. The van der Waals surface area contributed by atoms with Crippen molar-refractivity contribution in [3.05, 3.63) is 74.9 Å². The van der Waals surface area contributed by atoms with E-state index in [9.17, 15) is 18.0 Å². The number of sulfonamides is 1. The highest BCUT2D eigenvalue weighted by molar-refractivity contribution is 7.92. The molecular formula is C24H23N5O5S2. The third kappa shape index (κ3) is 3.81. The zero-order chi connectivity index (χ0) is 24.9. The van der Waals surface area contributed by atoms with Gasteiger partial charge in [-0.15, -0.1) is 0 Å². The van der Waals surface area contributed by atoms with Crippen LogP contribution in [-0.4, -0.2) is 55.8 Å². The highest BCUT2D eigenvalue weighted by atomic mass is 32.2. The summed E-state index contributed by atoms with van der Waals surface area (Å²) in [5, 5.41) is 0.638. The first-order valence-corrected chi connectivity index (χ1v) is 13.9. The van der Waals surface area contributed by atoms with E-state index in [1.165, 1.54) is 27.8 Å². The normalized spacial score (nSPS) is 16.3. The van der Waals surface area contributed by atoms with E-state index in [0.29, 0.717) is 54.8 Å². The number of H-pyrrole nitrogens is 1. The van der Waals surface area contributed by atoms with Crippen LogP contribution in [-0.2, 0) is 21.2 Å². The molecule has 2 aromatic heterocycles. The number of hydrogen-bond acceptors (Lipinski definition) is 8. The molecular weight excluding hydrogens is 502 g/mol. The number of fused-ring (bicyclic) bond motifs is 2. The predicted octanol–water partition coefficient (Wildman–Crippen LogP) is 2.11. The van der Waals surface area contributed by atoms with Crippen molar-refractivity contribution in [3.8, 4) is 5.69 Å². The van der Waals surface area contributed by atoms with Crippen LogP contribution in [0.1, 0.15) is 12.0 Å². The molecule has 0 spiro atoms. The van der Waals surface area contributed by atoms with Crippen LogP contribution in [0.15, 0.2) is 63.0 Å². The van der Waals surface area contributed by atoms with E-state index in [2.05, 4.69) is 9.97 Å². The molecule has 4 heterocycles. The van der Waals surface area contributed by atoms with Gasteiger partial charge < -0.3 is 9.64 Å². The van der Waals surface area contributed by atoms with Gasteiger partial charge in [-0.3, -0.25) is 14.1 Å². The number of nitrogens with one attached hydrogen (secondary N) is 1. The molecule has 1 saturated heterocycles. The highest BCUT2D eigenvalue weighted by Crippen LogP contribution is 2.32. The molecule has 12 heteroatoms. The van der Waals surface area contributed by atoms with E-state index in [0.717, 1.165) is 16.6 Å². The van der Waals surface area contributed by atoms with Crippen LogP contribution in [0.25, 0.3) is 16.0 Å². The van der Waals surface area contributed by atoms with Gasteiger partial charge >= 0.3 is 5.69 Å². The molecule has 2 aliphatic heterocycles. The minimum Gasteiger partial charge on any atom is -0.378 e. The molecule has 4 aromatic rings. The smallest absolute Gasteiger partial charge is 0.334 e. The molecule has 6 rings (SSSR count). The van der Waals surface area contributed by atoms with E-state index in [1.807, 2.05) is 23.1 Å². The van der Waals surface area contributed by atoms with E-state index >= 15 is 0 Å². The number of hydrogen-bond donors (Lipinski definition) is 1. The maximum Gasteiger partial charge on any atom is 0.334 e. The number of aromatic nitrogens is 3. The molecule has 1 N–H and O–H groups in total. The van der Waals surface area contributed by atoms with Gasteiger partial charge in [-0.05, 0) is 42.7 Å². The van der Waals surface area contributed by atoms with E-state index < -0.39 is 21.3 Å². The van der Waals surface area contributed by atoms with Crippen molar-refractivity contribution in [1.82, 2.24) is 14.5 Å². The molecule has 0 radical (unpaired) electrons. The summed E-state index contributed by atoms with van der Waals surface area (Å²) in [6, 6.07) is 13.4. The Morgan fingerprint density at radius 2 is 1.81 bits per heavy atom. The molecule has 0 bridgehead atoms. The van der Waals surface area contributed by atoms with Gasteiger partial charge in [0.05, 0.1) is 29.5 Å². The number of thiazole rings is 1. The summed E-state index contributed by atoms with van der Waals surface area (Å²) in [4.78, 5) is 35.5. The lowest BCUT2D eigenvalue weighted by Crippen LogP contribution is -2.36. The Bertz CT molecular complexity index is 1690. The summed E-state index contributed by atoms with van der Waals surface area (Å²) in [6.07, 6.45) is 1.52. The number of ether oxygens (including phenoxy) is 1. The van der Waals surface area contributed by atoms with Gasteiger partial charge in [0.2, 0.25) is 0 Å². The largest absolute Gasteiger partial charge is 0.378 e. The van der Waals surface area contributed by atoms with Crippen molar-refractivity contribution in [3.63, 3.8) is 0 Å². The Balaban J connectivity index is 1.42. The number of aryl methyl sites for hydroxylation is 1. The van der Waals surface area contributed by atoms with Crippen LogP contribution < -0.4 is 20.5 Å². The Morgan fingerprint density at radius 3 is 2.64 bits per heavy atom. The number of para-hydroxylation sites is 1. The van der Waals surface area contributed by atoms with Crippen LogP contribution in [0.4, 0.5) is 10.8 Å². The summed E-state index contributed by atoms with van der Waals surface area (Å²) < 4.78 is 35.3. The van der Waals surface area contributed by atoms with E-state index in [4.69, 9.17) is 4.74 Å². The number of anilines is 2. The molecule has 0 saturated carbocycles. The SMILES string of the molecule is O=c1[nH]c2nc(N3CCOCC3)sc2c(=O)n1-c1cccc(S(=O)(=O)N2CCCc3ccccc32)c1. The van der Waals surface area contributed by atoms with Gasteiger partial charge in [0.1, 0.15) is 4.70 Å². The summed E-state index contributed by atoms with van der Waals surface area (Å²) in [6.45, 7) is 2.80. The number of benzene rings is 2. The highest BCUT2D eigenvalue weighted by Gasteiger charge is 2.29. The van der Waals surface area contributed by atoms with Gasteiger partial charge in [-0.2, -0.15) is 0 Å². The van der Waals surface area contributed by atoms with E-state index in [-0.39, 0.29) is 16.2 Å². The van der Waals surface area contributed by atoms with Gasteiger partial charge in [-0.1, -0.05) is 35.6 Å². The van der Waals surface area contributed by atoms with E-state index in [1.54, 1.807) is 18.2 Å². The number of rotatable bonds is 4. The molecule has 186 valence electrons. The Morgan fingerprint density at radius 1 is 1.00 bits per heavy atom. The second kappa shape index (κ2) is 8.87. The monoisotopic (exact) mass is 525 g/mol. The predicted molar refractivity (Wildman–Crippen MR) is 138 cm³/mol. The summed E-state index contributed by atoms with van der Waals surface area (Å²) in [7, 11) is -3.91. The van der Waals surface area contributed by atoms with Crippen LogP contribution in [0.5, 0.6) is 0 Å². The molecule has 0 amide bonds. The van der Waals surface area contributed by atoms with Gasteiger partial charge in [0, 0.05) is 19.6 Å². The lowest BCUT2D eigenvalue weighted by Gasteiger charge is -2.30. The number of aromatic amines is 1. The topological polar surface area (TPSA) is 118 Å². The third-order valence-electron chi connectivity index (χ3n) is 6.45. The average molecular weight is 526 g/mol. The minimum absolute atomic E-state index is 0.0152. The van der Waals surface area contributed by atoms with Crippen molar-refractivity contribution in [1.29, 1.82) is 0 Å². The summed E-state index contributed by atoms with van der Waals surface area (Å²) >= 11 is 1.20. The zero-order valence-corrected chi connectivity index (χ0v) is 20.8. The van der Waals surface area contributed by atoms with Gasteiger partial charge in [-0.25, -0.2) is 22.8 Å². The summed E-state index contributed by atoms with van der Waals surface area (Å²) in [5.41, 5.74) is 0.818. The van der Waals surface area contributed by atoms with Crippen molar-refractivity contribution < 1.29 is 13.2 Å². The maximum absolute atomic E-state index is 13.6. The zero-order valence-electron chi connectivity index (χ0n) is 19.2. The Labute approximate surface area is 210 Å². The maximum atomic E-state index is 13.6. The number of nitrogens with zero attached hydrogens (tertiary/aromatic N) is 4. The number of morpholine rings is 1. The first-order valence-electron chi connectivity index (χ1n) is 11.6. The van der Waals surface area contributed by atoms with Gasteiger partial charge in [0.15, 0.2) is 10.8 Å². The molecule has 0 unspecified atom stereocenters. The van der Waals surface area contributed by atoms with Crippen molar-refractivity contribution in [2.75, 3.05) is 42.1 Å². The minimum atomic E-state index is -3.91. The van der Waals surface area contributed by atoms with Crippen LogP contribution in [0, 0.1) is 0 Å². The second-order valence-electron chi connectivity index (χ2n) is 8.65. The Kier molecular flexibility index (Phi) is 5.66. The molecule has 2 aromatic carbocycles. The summed E-state index contributed by atoms with van der Waals surface area (Å²) in [5.74, 6) is 0. The van der Waals surface area contributed by atoms with Crippen molar-refractivity contribution in [2.24, 2.45) is 0 Å². The fraction of sp³-hybridized carbons (Fsp3) is 0.292. The average Bonchev–Trinajstić information content (AvgIpc) is 3.33. The fourth-order valence-corrected chi connectivity index (χ4v) is 7.26. The molecule has 2 aliphatic rings. The van der Waals surface area contributed by atoms with Crippen LogP contribution in [0.3, 0.4) is 0 Å². The first kappa shape index (κ1) is 23.0. The second-order valence-corrected chi connectivity index (χ2v) is 11.5. The fourth-order valence-electron chi connectivity index (χ4n) is 4.67. The van der Waals surface area contributed by atoms with Crippen molar-refractivity contribution >= 4 is 42.5 Å². The van der Waals surface area contributed by atoms with Crippen molar-refractivity contribution in [2.45, 2.75) is 17.7 Å². The third-order valence-corrected chi connectivity index (χ3v) is 9.37. The molecule has 36 heavy (non-hydrogen) atoms. The quantitative estimate of drug-likeness (QED) is 0.434. The Hall–Kier alpha value is -3.48. The molecule has 0 aliphatic carbocycles. The standard InChI is InChI=1S/C24H23N5O5S2/c30-22-20-21(26-24(35-20)27-11-13-34-14-12-27)25-23(31)29(22)17-7-3-8-18(15-17)36(32,33)28-10-4-6-16-5-1-2-9-19(16)28/h1-3,5,7-9,15H,4,6,10-14H2,(H,25,31). The molecule has 10 nitrogen and oxygen atoms in total. The first-order chi connectivity index (χ1) is 17.4.